The highest BCUT2D eigenvalue weighted by molar-refractivity contribution is 7.90. The number of hydrogen-bond donors (Lipinski definition) is 1. The lowest BCUT2D eigenvalue weighted by molar-refractivity contribution is -0.134. The summed E-state index contributed by atoms with van der Waals surface area (Å²) in [5.41, 5.74) is 2.65. The van der Waals surface area contributed by atoms with E-state index in [-0.39, 0.29) is 0 Å². The molecule has 1 N–H and O–H groups in total. The van der Waals surface area contributed by atoms with Gasteiger partial charge in [0, 0.05) is 44.3 Å². The number of amides is 2. The van der Waals surface area contributed by atoms with E-state index in [1.807, 2.05) is 6.92 Å². The molecule has 44 heavy (non-hydrogen) atoms. The number of allylic oxidation sites excluding steroid dienone is 3. The summed E-state index contributed by atoms with van der Waals surface area (Å²) in [5.74, 6) is 1.88. The average Bonchev–Trinajstić information content (AvgIpc) is 3.70. The summed E-state index contributed by atoms with van der Waals surface area (Å²) in [7, 11) is -3.18. The lowest BCUT2D eigenvalue weighted by Gasteiger charge is -2.35. The molecule has 244 valence electrons. The molecule has 1 saturated carbocycles. The minimum Gasteiger partial charge on any atom is -0.342 e. The van der Waals surface area contributed by atoms with Gasteiger partial charge in [-0.1, -0.05) is 62.6 Å². The van der Waals surface area contributed by atoms with Gasteiger partial charge in [0.1, 0.15) is 0 Å². The normalized spacial score (nSPS) is 22.1. The Kier molecular flexibility index (Phi) is 15.4. The number of nitrogens with one attached hydrogen (secondary N) is 1. The molecule has 0 bridgehead atoms. The molecule has 0 radical (unpaired) electrons. The van der Waals surface area contributed by atoms with Crippen molar-refractivity contribution >= 4 is 22.2 Å². The smallest absolute Gasteiger partial charge is 0.225 e. The van der Waals surface area contributed by atoms with Crippen molar-refractivity contribution in [3.05, 3.63) is 53.6 Å². The van der Waals surface area contributed by atoms with E-state index in [1.54, 1.807) is 29.2 Å². The number of sulfone groups is 1. The van der Waals surface area contributed by atoms with Crippen LogP contribution >= 0.6 is 0 Å². The fourth-order valence-corrected chi connectivity index (χ4v) is 7.11. The summed E-state index contributed by atoms with van der Waals surface area (Å²) >= 11 is 0. The second kappa shape index (κ2) is 18.2. The predicted octanol–water partition coefficient (Wildman–Crippen LogP) is 5.87. The molecule has 1 aromatic carbocycles. The molecule has 0 spiro atoms. The van der Waals surface area contributed by atoms with Crippen molar-refractivity contribution in [2.45, 2.75) is 84.1 Å². The number of terminal acetylenes is 1. The van der Waals surface area contributed by atoms with Crippen LogP contribution in [0.2, 0.25) is 0 Å². The van der Waals surface area contributed by atoms with Gasteiger partial charge < -0.3 is 15.1 Å². The Balaban J connectivity index is 0.000000295. The van der Waals surface area contributed by atoms with Crippen molar-refractivity contribution in [2.75, 3.05) is 39.0 Å². The highest BCUT2D eigenvalue weighted by Crippen LogP contribution is 2.34. The number of benzene rings is 1. The highest BCUT2D eigenvalue weighted by Gasteiger charge is 2.36. The third kappa shape index (κ3) is 11.6. The first-order chi connectivity index (χ1) is 21.0. The fraction of sp³-hybridized carbons (Fsp3) is 0.611. The molecule has 1 unspecified atom stereocenters. The Hall–Kier alpha value is -2.89. The molecule has 1 aliphatic carbocycles. The minimum atomic E-state index is -3.18. The van der Waals surface area contributed by atoms with Crippen molar-refractivity contribution in [1.29, 1.82) is 0 Å². The lowest BCUT2D eigenvalue weighted by Crippen LogP contribution is -2.37. The SMILES string of the molecule is C#C.C/C=C\C=C(/C)C1CN(C(=O)C2CCCC2)C[C@@H]1C.CC1(CCN(C=O)Cc2ccc(S(C)(=O)=O)cc2)CCNCC1. The van der Waals surface area contributed by atoms with Crippen LogP contribution in [0.4, 0.5) is 0 Å². The summed E-state index contributed by atoms with van der Waals surface area (Å²) in [4.78, 5) is 28.0. The van der Waals surface area contributed by atoms with Gasteiger partial charge in [-0.3, -0.25) is 9.59 Å². The maximum atomic E-state index is 12.5. The summed E-state index contributed by atoms with van der Waals surface area (Å²) in [6.07, 6.45) is 24.4. The van der Waals surface area contributed by atoms with Gasteiger partial charge in [0.15, 0.2) is 9.84 Å². The Labute approximate surface area is 267 Å². The Morgan fingerprint density at radius 3 is 2.27 bits per heavy atom. The second-order valence-electron chi connectivity index (χ2n) is 13.0. The van der Waals surface area contributed by atoms with Crippen LogP contribution in [0.25, 0.3) is 0 Å². The van der Waals surface area contributed by atoms with E-state index in [0.717, 1.165) is 76.8 Å². The average molecular weight is 626 g/mol. The van der Waals surface area contributed by atoms with Gasteiger partial charge in [0.05, 0.1) is 4.90 Å². The summed E-state index contributed by atoms with van der Waals surface area (Å²) in [6, 6.07) is 6.75. The first-order valence-electron chi connectivity index (χ1n) is 16.1. The molecule has 1 aromatic rings. The summed E-state index contributed by atoms with van der Waals surface area (Å²) in [5, 5.41) is 3.37. The number of rotatable bonds is 10. The molecule has 2 atom stereocenters. The van der Waals surface area contributed by atoms with Crippen LogP contribution in [0.15, 0.2) is 53.0 Å². The van der Waals surface area contributed by atoms with Crippen molar-refractivity contribution in [2.24, 2.45) is 23.2 Å². The zero-order chi connectivity index (χ0) is 32.8. The van der Waals surface area contributed by atoms with Crippen LogP contribution in [0, 0.1) is 36.0 Å². The van der Waals surface area contributed by atoms with E-state index < -0.39 is 9.84 Å². The Bertz CT molecular complexity index is 1220. The van der Waals surface area contributed by atoms with Crippen molar-refractivity contribution in [1.82, 2.24) is 15.1 Å². The second-order valence-corrected chi connectivity index (χ2v) is 15.1. The van der Waals surface area contributed by atoms with Gasteiger partial charge in [0.2, 0.25) is 12.3 Å². The van der Waals surface area contributed by atoms with Crippen LogP contribution < -0.4 is 5.32 Å². The number of carbonyl (C=O) groups is 2. The zero-order valence-corrected chi connectivity index (χ0v) is 28.5. The van der Waals surface area contributed by atoms with E-state index >= 15 is 0 Å². The molecular formula is C36H55N3O4S. The lowest BCUT2D eigenvalue weighted by atomic mass is 9.78. The number of likely N-dealkylation sites (tertiary alicyclic amines) is 1. The fourth-order valence-electron chi connectivity index (χ4n) is 6.48. The molecule has 2 aliphatic heterocycles. The monoisotopic (exact) mass is 625 g/mol. The quantitative estimate of drug-likeness (QED) is 0.200. The van der Waals surface area contributed by atoms with Gasteiger partial charge in [0.25, 0.3) is 0 Å². The predicted molar refractivity (Wildman–Crippen MR) is 181 cm³/mol. The van der Waals surface area contributed by atoms with Gasteiger partial charge >= 0.3 is 0 Å². The van der Waals surface area contributed by atoms with E-state index in [1.165, 1.54) is 24.7 Å². The first-order valence-corrected chi connectivity index (χ1v) is 18.0. The zero-order valence-electron chi connectivity index (χ0n) is 27.6. The summed E-state index contributed by atoms with van der Waals surface area (Å²) in [6.45, 7) is 14.0. The maximum Gasteiger partial charge on any atom is 0.225 e. The standard InChI is InChI=1S/C17H26N2O3S.C17H27NO.C2H2/c1-17(7-10-18-11-8-17)9-12-19(14-20)13-15-3-5-16(6-4-15)23(2,21)22;1-4-5-8-13(2)16-12-18(11-14(16)3)17(19)15-9-6-7-10-15;1-2/h3-6,14,18H,7-13H2,1-2H3;4-5,8,14-16H,6-7,9-12H2,1-3H3;1-2H/b;5-4-,13-8+;/t;14-,16?;/m.0./s1. The van der Waals surface area contributed by atoms with Crippen LogP contribution in [-0.4, -0.2) is 69.5 Å². The van der Waals surface area contributed by atoms with E-state index in [2.05, 4.69) is 62.1 Å². The molecule has 2 saturated heterocycles. The molecular weight excluding hydrogens is 570 g/mol. The third-order valence-electron chi connectivity index (χ3n) is 9.46. The Morgan fingerprint density at radius 1 is 1.11 bits per heavy atom. The molecule has 3 fully saturated rings. The van der Waals surface area contributed by atoms with Gasteiger partial charge in [-0.25, -0.2) is 8.42 Å². The molecule has 8 heteroatoms. The van der Waals surface area contributed by atoms with Crippen LogP contribution in [0.5, 0.6) is 0 Å². The summed E-state index contributed by atoms with van der Waals surface area (Å²) < 4.78 is 22.9. The third-order valence-corrected chi connectivity index (χ3v) is 10.6. The number of hydrogen-bond acceptors (Lipinski definition) is 5. The number of piperidine rings is 1. The maximum absolute atomic E-state index is 12.5. The van der Waals surface area contributed by atoms with E-state index in [4.69, 9.17) is 0 Å². The van der Waals surface area contributed by atoms with Gasteiger partial charge in [-0.2, -0.15) is 0 Å². The van der Waals surface area contributed by atoms with Crippen LogP contribution in [0.1, 0.15) is 78.2 Å². The van der Waals surface area contributed by atoms with Gasteiger partial charge in [-0.15, -0.1) is 12.8 Å². The van der Waals surface area contributed by atoms with Crippen LogP contribution in [0.3, 0.4) is 0 Å². The van der Waals surface area contributed by atoms with Crippen LogP contribution in [-0.2, 0) is 26.0 Å². The molecule has 4 rings (SSSR count). The number of carbonyl (C=O) groups excluding carboxylic acids is 2. The Morgan fingerprint density at radius 2 is 1.73 bits per heavy atom. The topological polar surface area (TPSA) is 86.8 Å². The molecule has 3 aliphatic rings. The largest absolute Gasteiger partial charge is 0.342 e. The molecule has 0 aromatic heterocycles. The van der Waals surface area contributed by atoms with Crippen molar-refractivity contribution in [3.8, 4) is 12.8 Å². The molecule has 7 nitrogen and oxygen atoms in total. The van der Waals surface area contributed by atoms with E-state index in [0.29, 0.717) is 40.5 Å². The van der Waals surface area contributed by atoms with Gasteiger partial charge in [-0.05, 0) is 88.1 Å². The first kappa shape index (κ1) is 37.3. The van der Waals surface area contributed by atoms with Crippen molar-refractivity contribution < 1.29 is 18.0 Å². The number of nitrogens with zero attached hydrogens (tertiary/aromatic N) is 2. The van der Waals surface area contributed by atoms with Crippen molar-refractivity contribution in [3.63, 3.8) is 0 Å². The molecule has 2 amide bonds. The van der Waals surface area contributed by atoms with E-state index in [9.17, 15) is 18.0 Å². The molecule has 2 heterocycles. The highest BCUT2D eigenvalue weighted by atomic mass is 32.2. The minimum absolute atomic E-state index is 0.298.